The van der Waals surface area contributed by atoms with E-state index in [0.29, 0.717) is 11.5 Å². The highest BCUT2D eigenvalue weighted by atomic mass is 79.9. The average Bonchev–Trinajstić information content (AvgIpc) is 3.08. The summed E-state index contributed by atoms with van der Waals surface area (Å²) in [5, 5.41) is 0. The quantitative estimate of drug-likeness (QED) is 0.384. The number of ether oxygens (including phenoxy) is 2. The molecule has 25 heavy (non-hydrogen) atoms. The van der Waals surface area contributed by atoms with Crippen LogP contribution in [0, 0.1) is 17.3 Å². The topological polar surface area (TPSA) is 35.5 Å². The van der Waals surface area contributed by atoms with Gasteiger partial charge in [0, 0.05) is 6.07 Å². The summed E-state index contributed by atoms with van der Waals surface area (Å²) >= 11 is 6.72. The molecule has 0 spiro atoms. The van der Waals surface area contributed by atoms with Crippen LogP contribution >= 0.6 is 31.9 Å². The molecule has 1 fully saturated rings. The van der Waals surface area contributed by atoms with E-state index in [-0.39, 0.29) is 23.2 Å². The van der Waals surface area contributed by atoms with Gasteiger partial charge in [-0.25, -0.2) is 0 Å². The SMILES string of the molecule is CC1(C)[C@H](C=C(Br)Br)[C@H]1C(=O)Oc1cccc(Oc2ccccc2)c1. The summed E-state index contributed by atoms with van der Waals surface area (Å²) in [6, 6.07) is 16.6. The molecule has 0 aliphatic heterocycles. The molecule has 1 saturated carbocycles. The second-order valence-electron chi connectivity index (χ2n) is 6.59. The summed E-state index contributed by atoms with van der Waals surface area (Å²) in [5.74, 6) is 1.63. The van der Waals surface area contributed by atoms with Crippen molar-refractivity contribution < 1.29 is 14.3 Å². The molecule has 2 aromatic carbocycles. The van der Waals surface area contributed by atoms with Crippen LogP contribution in [0.1, 0.15) is 13.8 Å². The van der Waals surface area contributed by atoms with E-state index in [1.165, 1.54) is 0 Å². The molecule has 1 aliphatic rings. The fourth-order valence-corrected chi connectivity index (χ4v) is 3.55. The van der Waals surface area contributed by atoms with Gasteiger partial charge in [0.15, 0.2) is 0 Å². The van der Waals surface area contributed by atoms with E-state index in [2.05, 4.69) is 45.7 Å². The van der Waals surface area contributed by atoms with E-state index >= 15 is 0 Å². The van der Waals surface area contributed by atoms with Crippen LogP contribution in [-0.4, -0.2) is 5.97 Å². The molecule has 0 unspecified atom stereocenters. The predicted octanol–water partition coefficient (Wildman–Crippen LogP) is 6.29. The lowest BCUT2D eigenvalue weighted by molar-refractivity contribution is -0.136. The van der Waals surface area contributed by atoms with Crippen LogP contribution in [0.25, 0.3) is 0 Å². The van der Waals surface area contributed by atoms with E-state index in [4.69, 9.17) is 9.47 Å². The zero-order chi connectivity index (χ0) is 18.0. The van der Waals surface area contributed by atoms with Crippen LogP contribution in [0.4, 0.5) is 0 Å². The molecule has 5 heteroatoms. The lowest BCUT2D eigenvalue weighted by Gasteiger charge is -2.08. The third-order valence-corrected chi connectivity index (χ3v) is 5.00. The fraction of sp³-hybridized carbons (Fsp3) is 0.250. The van der Waals surface area contributed by atoms with Crippen LogP contribution in [0.5, 0.6) is 17.2 Å². The molecule has 0 bridgehead atoms. The van der Waals surface area contributed by atoms with Crippen molar-refractivity contribution in [1.29, 1.82) is 0 Å². The van der Waals surface area contributed by atoms with Gasteiger partial charge < -0.3 is 9.47 Å². The van der Waals surface area contributed by atoms with Crippen LogP contribution in [-0.2, 0) is 4.79 Å². The summed E-state index contributed by atoms with van der Waals surface area (Å²) in [5.41, 5.74) is -0.109. The van der Waals surface area contributed by atoms with Gasteiger partial charge in [-0.15, -0.1) is 0 Å². The molecule has 2 aromatic rings. The lowest BCUT2D eigenvalue weighted by atomic mass is 10.1. The number of benzene rings is 2. The van der Waals surface area contributed by atoms with Crippen molar-refractivity contribution in [2.45, 2.75) is 13.8 Å². The first-order valence-electron chi connectivity index (χ1n) is 7.95. The molecule has 1 aliphatic carbocycles. The van der Waals surface area contributed by atoms with Crippen molar-refractivity contribution in [3.05, 3.63) is 64.1 Å². The first kappa shape index (κ1) is 18.2. The molecule has 0 N–H and O–H groups in total. The number of carbonyl (C=O) groups is 1. The van der Waals surface area contributed by atoms with Crippen LogP contribution in [0.15, 0.2) is 64.1 Å². The van der Waals surface area contributed by atoms with Crippen molar-refractivity contribution in [3.8, 4) is 17.2 Å². The molecule has 130 valence electrons. The Hall–Kier alpha value is -1.59. The molecule has 3 nitrogen and oxygen atoms in total. The Morgan fingerprint density at radius 2 is 1.64 bits per heavy atom. The monoisotopic (exact) mass is 464 g/mol. The van der Waals surface area contributed by atoms with E-state index < -0.39 is 0 Å². The molecule has 0 heterocycles. The summed E-state index contributed by atoms with van der Waals surface area (Å²) in [4.78, 5) is 12.5. The van der Waals surface area contributed by atoms with Gasteiger partial charge in [0.1, 0.15) is 17.2 Å². The average molecular weight is 466 g/mol. The van der Waals surface area contributed by atoms with Crippen LogP contribution in [0.3, 0.4) is 0 Å². The van der Waals surface area contributed by atoms with Gasteiger partial charge in [0.25, 0.3) is 0 Å². The number of rotatable bonds is 5. The van der Waals surface area contributed by atoms with Gasteiger partial charge >= 0.3 is 5.97 Å². The van der Waals surface area contributed by atoms with Gasteiger partial charge in [0.2, 0.25) is 0 Å². The molecule has 0 aromatic heterocycles. The second kappa shape index (κ2) is 7.34. The normalized spacial score (nSPS) is 20.5. The maximum absolute atomic E-state index is 12.5. The highest BCUT2D eigenvalue weighted by Gasteiger charge is 2.61. The Morgan fingerprint density at radius 1 is 1.00 bits per heavy atom. The number of hydrogen-bond donors (Lipinski definition) is 0. The van der Waals surface area contributed by atoms with Gasteiger partial charge in [-0.2, -0.15) is 0 Å². The molecule has 3 rings (SSSR count). The van der Waals surface area contributed by atoms with Crippen molar-refractivity contribution in [3.63, 3.8) is 0 Å². The van der Waals surface area contributed by atoms with E-state index in [9.17, 15) is 4.79 Å². The summed E-state index contributed by atoms with van der Waals surface area (Å²) in [7, 11) is 0. The van der Waals surface area contributed by atoms with E-state index in [1.54, 1.807) is 12.1 Å². The summed E-state index contributed by atoms with van der Waals surface area (Å²) in [6.45, 7) is 4.13. The van der Waals surface area contributed by atoms with E-state index in [1.807, 2.05) is 48.5 Å². The predicted molar refractivity (Wildman–Crippen MR) is 105 cm³/mol. The molecular formula is C20H18Br2O3. The molecule has 2 atom stereocenters. The Kier molecular flexibility index (Phi) is 5.35. The fourth-order valence-electron chi connectivity index (χ4n) is 2.98. The molecule has 0 radical (unpaired) electrons. The minimum absolute atomic E-state index is 0.109. The van der Waals surface area contributed by atoms with Crippen molar-refractivity contribution in [1.82, 2.24) is 0 Å². The second-order valence-corrected chi connectivity index (χ2v) is 9.37. The maximum atomic E-state index is 12.5. The summed E-state index contributed by atoms with van der Waals surface area (Å²) < 4.78 is 12.2. The third kappa shape index (κ3) is 4.33. The highest BCUT2D eigenvalue weighted by molar-refractivity contribution is 9.28. The lowest BCUT2D eigenvalue weighted by Crippen LogP contribution is -2.13. The molecule has 0 amide bonds. The Morgan fingerprint density at radius 3 is 2.32 bits per heavy atom. The zero-order valence-electron chi connectivity index (χ0n) is 13.9. The minimum atomic E-state index is -0.218. The number of para-hydroxylation sites is 1. The van der Waals surface area contributed by atoms with Crippen LogP contribution < -0.4 is 9.47 Å². The molecular weight excluding hydrogens is 448 g/mol. The van der Waals surface area contributed by atoms with Gasteiger partial charge in [-0.1, -0.05) is 44.2 Å². The summed E-state index contributed by atoms with van der Waals surface area (Å²) in [6.07, 6.45) is 2.00. The van der Waals surface area contributed by atoms with Gasteiger partial charge in [0.05, 0.1) is 9.31 Å². The Bertz CT molecular complexity index is 796. The first-order chi connectivity index (χ1) is 11.9. The van der Waals surface area contributed by atoms with Crippen molar-refractivity contribution >= 4 is 37.8 Å². The van der Waals surface area contributed by atoms with Crippen molar-refractivity contribution in [2.75, 3.05) is 0 Å². The number of hydrogen-bond acceptors (Lipinski definition) is 3. The molecule has 0 saturated heterocycles. The third-order valence-electron chi connectivity index (χ3n) is 4.47. The highest BCUT2D eigenvalue weighted by Crippen LogP contribution is 2.60. The standard InChI is InChI=1S/C20H18Br2O3/c1-20(2)16(12-17(21)22)18(20)19(23)25-15-10-6-9-14(11-15)24-13-7-4-3-5-8-13/h3-12,16,18H,1-2H3/t16-,18+/m1/s1. The Balaban J connectivity index is 1.68. The van der Waals surface area contributed by atoms with E-state index in [0.717, 1.165) is 9.14 Å². The number of allylic oxidation sites excluding steroid dienone is 1. The maximum Gasteiger partial charge on any atom is 0.315 e. The van der Waals surface area contributed by atoms with Gasteiger partial charge in [-0.05, 0) is 67.5 Å². The van der Waals surface area contributed by atoms with Crippen LogP contribution in [0.2, 0.25) is 0 Å². The smallest absolute Gasteiger partial charge is 0.315 e. The number of halogens is 2. The zero-order valence-corrected chi connectivity index (χ0v) is 17.1. The number of esters is 1. The largest absolute Gasteiger partial charge is 0.457 e. The minimum Gasteiger partial charge on any atom is -0.457 e. The number of carbonyl (C=O) groups excluding carboxylic acids is 1. The van der Waals surface area contributed by atoms with Gasteiger partial charge in [-0.3, -0.25) is 4.79 Å². The Labute approximate surface area is 164 Å². The first-order valence-corrected chi connectivity index (χ1v) is 9.54. The van der Waals surface area contributed by atoms with Crippen molar-refractivity contribution in [2.24, 2.45) is 17.3 Å².